The Morgan fingerprint density at radius 2 is 1.96 bits per heavy atom. The second-order valence-corrected chi connectivity index (χ2v) is 6.32. The maximum Gasteiger partial charge on any atom is 0.248 e. The van der Waals surface area contributed by atoms with E-state index in [2.05, 4.69) is 26.8 Å². The van der Waals surface area contributed by atoms with Gasteiger partial charge in [0, 0.05) is 5.69 Å². The van der Waals surface area contributed by atoms with Gasteiger partial charge >= 0.3 is 0 Å². The number of anilines is 1. The van der Waals surface area contributed by atoms with Gasteiger partial charge in [0.2, 0.25) is 11.7 Å². The van der Waals surface area contributed by atoms with E-state index >= 15 is 0 Å². The van der Waals surface area contributed by atoms with Crippen molar-refractivity contribution < 1.29 is 9.18 Å². The smallest absolute Gasteiger partial charge is 0.248 e. The highest BCUT2D eigenvalue weighted by atomic mass is 19.1. The summed E-state index contributed by atoms with van der Waals surface area (Å²) in [6, 6.07) is 12.2. The predicted molar refractivity (Wildman–Crippen MR) is 94.9 cm³/mol. The number of rotatable bonds is 4. The zero-order valence-electron chi connectivity index (χ0n) is 14.2. The Morgan fingerprint density at radius 3 is 2.85 bits per heavy atom. The van der Waals surface area contributed by atoms with Crippen molar-refractivity contribution in [2.24, 2.45) is 0 Å². The molecule has 2 aromatic carbocycles. The largest absolute Gasteiger partial charge is 0.324 e. The molecule has 0 aliphatic heterocycles. The second-order valence-electron chi connectivity index (χ2n) is 6.32. The number of nitrogens with one attached hydrogen (secondary N) is 1. The van der Waals surface area contributed by atoms with E-state index in [1.807, 2.05) is 12.1 Å². The van der Waals surface area contributed by atoms with Gasteiger partial charge in [-0.05, 0) is 60.2 Å². The third kappa shape index (κ3) is 3.33. The van der Waals surface area contributed by atoms with E-state index in [-0.39, 0.29) is 23.8 Å². The molecule has 132 valence electrons. The van der Waals surface area contributed by atoms with E-state index in [4.69, 9.17) is 0 Å². The van der Waals surface area contributed by atoms with Crippen molar-refractivity contribution in [3.05, 3.63) is 59.4 Å². The first-order chi connectivity index (χ1) is 12.7. The van der Waals surface area contributed by atoms with Crippen LogP contribution >= 0.6 is 0 Å². The van der Waals surface area contributed by atoms with Crippen LogP contribution in [0.25, 0.3) is 11.4 Å². The molecule has 1 aromatic heterocycles. The van der Waals surface area contributed by atoms with Crippen LogP contribution in [0.5, 0.6) is 0 Å². The fraction of sp³-hybridized carbons (Fsp3) is 0.263. The first kappa shape index (κ1) is 16.4. The van der Waals surface area contributed by atoms with Gasteiger partial charge in [-0.3, -0.25) is 4.79 Å². The van der Waals surface area contributed by atoms with Crippen LogP contribution in [0.1, 0.15) is 24.0 Å². The molecule has 3 aromatic rings. The standard InChI is InChI=1S/C19H18FN5O/c20-16-10-4-3-9-15(16)19-22-24-25(23-19)12-18(26)21-17-11-5-7-13-6-1-2-8-14(13)17/h3-5,7,9-11H,1-2,6,8,12H2,(H,21,26). The summed E-state index contributed by atoms with van der Waals surface area (Å²) < 4.78 is 13.8. The van der Waals surface area contributed by atoms with Gasteiger partial charge in [0.1, 0.15) is 12.4 Å². The molecule has 0 bridgehead atoms. The highest BCUT2D eigenvalue weighted by Gasteiger charge is 2.16. The molecule has 1 N–H and O–H groups in total. The third-order valence-electron chi connectivity index (χ3n) is 4.52. The van der Waals surface area contributed by atoms with Crippen molar-refractivity contribution in [3.8, 4) is 11.4 Å². The summed E-state index contributed by atoms with van der Waals surface area (Å²) in [6.07, 6.45) is 4.35. The van der Waals surface area contributed by atoms with Crippen molar-refractivity contribution in [1.29, 1.82) is 0 Å². The quantitative estimate of drug-likeness (QED) is 0.784. The van der Waals surface area contributed by atoms with Gasteiger partial charge in [0.05, 0.1) is 5.56 Å². The van der Waals surface area contributed by atoms with Crippen molar-refractivity contribution in [3.63, 3.8) is 0 Å². The summed E-state index contributed by atoms with van der Waals surface area (Å²) in [5.41, 5.74) is 3.62. The molecular weight excluding hydrogens is 333 g/mol. The lowest BCUT2D eigenvalue weighted by Gasteiger charge is -2.19. The van der Waals surface area contributed by atoms with Gasteiger partial charge in [0.15, 0.2) is 0 Å². The maximum atomic E-state index is 13.8. The van der Waals surface area contributed by atoms with E-state index < -0.39 is 5.82 Å². The monoisotopic (exact) mass is 351 g/mol. The van der Waals surface area contributed by atoms with Crippen LogP contribution in [0.3, 0.4) is 0 Å². The fourth-order valence-electron chi connectivity index (χ4n) is 3.28. The average Bonchev–Trinajstić information content (AvgIpc) is 3.10. The number of fused-ring (bicyclic) bond motifs is 1. The maximum absolute atomic E-state index is 13.8. The van der Waals surface area contributed by atoms with Crippen LogP contribution in [-0.2, 0) is 24.2 Å². The number of aryl methyl sites for hydroxylation is 1. The molecule has 7 heteroatoms. The molecule has 1 aliphatic rings. The first-order valence-corrected chi connectivity index (χ1v) is 8.64. The Hall–Kier alpha value is -3.09. The van der Waals surface area contributed by atoms with E-state index in [1.54, 1.807) is 18.2 Å². The zero-order valence-corrected chi connectivity index (χ0v) is 14.2. The second kappa shape index (κ2) is 7.03. The third-order valence-corrected chi connectivity index (χ3v) is 4.52. The lowest BCUT2D eigenvalue weighted by atomic mass is 9.90. The molecule has 0 atom stereocenters. The summed E-state index contributed by atoms with van der Waals surface area (Å²) in [5, 5.41) is 14.7. The van der Waals surface area contributed by atoms with E-state index in [9.17, 15) is 9.18 Å². The molecule has 1 heterocycles. The van der Waals surface area contributed by atoms with E-state index in [0.717, 1.165) is 24.9 Å². The molecule has 1 aliphatic carbocycles. The Morgan fingerprint density at radius 1 is 1.12 bits per heavy atom. The molecule has 6 nitrogen and oxygen atoms in total. The van der Waals surface area contributed by atoms with Crippen LogP contribution < -0.4 is 5.32 Å². The summed E-state index contributed by atoms with van der Waals surface area (Å²) in [6.45, 7) is -0.0783. The summed E-state index contributed by atoms with van der Waals surface area (Å²) in [4.78, 5) is 13.5. The molecule has 0 saturated carbocycles. The number of halogens is 1. The van der Waals surface area contributed by atoms with Crippen molar-refractivity contribution in [1.82, 2.24) is 20.2 Å². The minimum Gasteiger partial charge on any atom is -0.324 e. The first-order valence-electron chi connectivity index (χ1n) is 8.64. The molecule has 1 amide bonds. The van der Waals surface area contributed by atoms with Gasteiger partial charge in [-0.15, -0.1) is 10.2 Å². The fourth-order valence-corrected chi connectivity index (χ4v) is 3.28. The molecule has 0 saturated heterocycles. The van der Waals surface area contributed by atoms with Crippen molar-refractivity contribution in [2.75, 3.05) is 5.32 Å². The number of carbonyl (C=O) groups is 1. The number of nitrogens with zero attached hydrogens (tertiary/aromatic N) is 4. The minimum absolute atomic E-state index is 0.0783. The topological polar surface area (TPSA) is 72.7 Å². The van der Waals surface area contributed by atoms with Gasteiger partial charge < -0.3 is 5.32 Å². The van der Waals surface area contributed by atoms with Crippen molar-refractivity contribution >= 4 is 11.6 Å². The lowest BCUT2D eigenvalue weighted by molar-refractivity contribution is -0.117. The molecule has 0 fully saturated rings. The molecule has 0 spiro atoms. The highest BCUT2D eigenvalue weighted by molar-refractivity contribution is 5.91. The number of aromatic nitrogens is 4. The Labute approximate surface area is 150 Å². The normalized spacial score (nSPS) is 13.3. The number of tetrazole rings is 1. The SMILES string of the molecule is O=C(Cn1nnc(-c2ccccc2F)n1)Nc1cccc2c1CCCC2. The summed E-state index contributed by atoms with van der Waals surface area (Å²) in [7, 11) is 0. The number of amides is 1. The van der Waals surface area contributed by atoms with Crippen LogP contribution in [-0.4, -0.2) is 26.1 Å². The number of hydrogen-bond donors (Lipinski definition) is 1. The zero-order chi connectivity index (χ0) is 17.9. The number of hydrogen-bond acceptors (Lipinski definition) is 4. The molecular formula is C19H18FN5O. The number of carbonyl (C=O) groups excluding carboxylic acids is 1. The predicted octanol–water partition coefficient (Wildman–Crippen LogP) is 3.00. The molecule has 26 heavy (non-hydrogen) atoms. The molecule has 0 radical (unpaired) electrons. The highest BCUT2D eigenvalue weighted by Crippen LogP contribution is 2.27. The minimum atomic E-state index is -0.424. The van der Waals surface area contributed by atoms with Crippen molar-refractivity contribution in [2.45, 2.75) is 32.2 Å². The summed E-state index contributed by atoms with van der Waals surface area (Å²) >= 11 is 0. The summed E-state index contributed by atoms with van der Waals surface area (Å²) in [5.74, 6) is -0.498. The van der Waals surface area contributed by atoms with E-state index in [1.165, 1.54) is 28.4 Å². The van der Waals surface area contributed by atoms with Gasteiger partial charge in [-0.25, -0.2) is 4.39 Å². The number of benzene rings is 2. The average molecular weight is 351 g/mol. The van der Waals surface area contributed by atoms with Crippen LogP contribution in [0.4, 0.5) is 10.1 Å². The van der Waals surface area contributed by atoms with Gasteiger partial charge in [-0.1, -0.05) is 24.3 Å². The Balaban J connectivity index is 1.47. The van der Waals surface area contributed by atoms with Crippen LogP contribution in [0, 0.1) is 5.82 Å². The van der Waals surface area contributed by atoms with Crippen LogP contribution in [0.15, 0.2) is 42.5 Å². The molecule has 4 rings (SSSR count). The lowest BCUT2D eigenvalue weighted by Crippen LogP contribution is -2.22. The molecule has 0 unspecified atom stereocenters. The van der Waals surface area contributed by atoms with Gasteiger partial charge in [0.25, 0.3) is 0 Å². The van der Waals surface area contributed by atoms with E-state index in [0.29, 0.717) is 0 Å². The Kier molecular flexibility index (Phi) is 4.43. The Bertz CT molecular complexity index is 953. The van der Waals surface area contributed by atoms with Gasteiger partial charge in [-0.2, -0.15) is 4.80 Å². The van der Waals surface area contributed by atoms with Crippen LogP contribution in [0.2, 0.25) is 0 Å².